The molecule has 0 amide bonds. The SMILES string of the molecule is CCNC(COCC1CC1)c1ccccc1C. The first kappa shape index (κ1) is 12.6. The lowest BCUT2D eigenvalue weighted by Crippen LogP contribution is -2.26. The van der Waals surface area contributed by atoms with Gasteiger partial charge in [-0.15, -0.1) is 0 Å². The van der Waals surface area contributed by atoms with Gasteiger partial charge in [-0.2, -0.15) is 0 Å². The maximum absolute atomic E-state index is 5.82. The van der Waals surface area contributed by atoms with E-state index in [4.69, 9.17) is 4.74 Å². The lowest BCUT2D eigenvalue weighted by Gasteiger charge is -2.20. The summed E-state index contributed by atoms with van der Waals surface area (Å²) in [6.07, 6.45) is 2.71. The van der Waals surface area contributed by atoms with Gasteiger partial charge < -0.3 is 10.1 Å². The van der Waals surface area contributed by atoms with Gasteiger partial charge >= 0.3 is 0 Å². The second-order valence-corrected chi connectivity index (χ2v) is 4.95. The highest BCUT2D eigenvalue weighted by molar-refractivity contribution is 5.28. The average molecular weight is 233 g/mol. The maximum atomic E-state index is 5.82. The van der Waals surface area contributed by atoms with Crippen LogP contribution in [0.3, 0.4) is 0 Å². The van der Waals surface area contributed by atoms with Crippen LogP contribution in [0.15, 0.2) is 24.3 Å². The third kappa shape index (κ3) is 3.83. The number of hydrogen-bond donors (Lipinski definition) is 1. The van der Waals surface area contributed by atoms with Crippen LogP contribution < -0.4 is 5.32 Å². The van der Waals surface area contributed by atoms with Crippen molar-refractivity contribution in [1.29, 1.82) is 0 Å². The van der Waals surface area contributed by atoms with Crippen LogP contribution in [0.4, 0.5) is 0 Å². The van der Waals surface area contributed by atoms with Gasteiger partial charge in [0.15, 0.2) is 0 Å². The number of aryl methyl sites for hydroxylation is 1. The Labute approximate surface area is 104 Å². The molecule has 1 saturated carbocycles. The van der Waals surface area contributed by atoms with E-state index in [9.17, 15) is 0 Å². The van der Waals surface area contributed by atoms with E-state index in [0.717, 1.165) is 25.7 Å². The minimum Gasteiger partial charge on any atom is -0.379 e. The van der Waals surface area contributed by atoms with E-state index >= 15 is 0 Å². The van der Waals surface area contributed by atoms with E-state index in [0.29, 0.717) is 6.04 Å². The second kappa shape index (κ2) is 6.18. The summed E-state index contributed by atoms with van der Waals surface area (Å²) in [6, 6.07) is 8.89. The van der Waals surface area contributed by atoms with Crippen LogP contribution in [0.5, 0.6) is 0 Å². The standard InChI is InChI=1S/C15H23NO/c1-3-16-15(11-17-10-13-8-9-13)14-7-5-4-6-12(14)2/h4-7,13,15-16H,3,8-11H2,1-2H3. The maximum Gasteiger partial charge on any atom is 0.0661 e. The van der Waals surface area contributed by atoms with Crippen LogP contribution in [-0.2, 0) is 4.74 Å². The van der Waals surface area contributed by atoms with E-state index in [1.165, 1.54) is 24.0 Å². The number of likely N-dealkylation sites (N-methyl/N-ethyl adjacent to an activating group) is 1. The third-order valence-corrected chi connectivity index (χ3v) is 3.35. The van der Waals surface area contributed by atoms with E-state index in [-0.39, 0.29) is 0 Å². The Kier molecular flexibility index (Phi) is 4.57. The zero-order valence-electron chi connectivity index (χ0n) is 10.9. The molecule has 2 rings (SSSR count). The molecule has 0 aromatic heterocycles. The van der Waals surface area contributed by atoms with E-state index in [1.54, 1.807) is 0 Å². The van der Waals surface area contributed by atoms with Gasteiger partial charge in [0.2, 0.25) is 0 Å². The van der Waals surface area contributed by atoms with Crippen LogP contribution in [0, 0.1) is 12.8 Å². The molecule has 1 aliphatic rings. The summed E-state index contributed by atoms with van der Waals surface area (Å²) in [5, 5.41) is 3.51. The Bertz CT molecular complexity index is 347. The minimum absolute atomic E-state index is 0.333. The normalized spacial score (nSPS) is 17.1. The molecule has 1 fully saturated rings. The quantitative estimate of drug-likeness (QED) is 0.781. The molecule has 0 saturated heterocycles. The summed E-state index contributed by atoms with van der Waals surface area (Å²) in [6.45, 7) is 7.02. The molecule has 17 heavy (non-hydrogen) atoms. The largest absolute Gasteiger partial charge is 0.379 e. The van der Waals surface area contributed by atoms with Crippen LogP contribution in [-0.4, -0.2) is 19.8 Å². The molecule has 0 spiro atoms. The van der Waals surface area contributed by atoms with Crippen molar-refractivity contribution in [2.75, 3.05) is 19.8 Å². The first-order valence-corrected chi connectivity index (χ1v) is 6.68. The number of ether oxygens (including phenoxy) is 1. The number of benzene rings is 1. The van der Waals surface area contributed by atoms with Crippen LogP contribution in [0.1, 0.15) is 36.9 Å². The summed E-state index contributed by atoms with van der Waals surface area (Å²) in [4.78, 5) is 0. The molecule has 1 aliphatic carbocycles. The molecular weight excluding hydrogens is 210 g/mol. The summed E-state index contributed by atoms with van der Waals surface area (Å²) in [7, 11) is 0. The number of rotatable bonds is 7. The monoisotopic (exact) mass is 233 g/mol. The predicted molar refractivity (Wildman–Crippen MR) is 71.1 cm³/mol. The Balaban J connectivity index is 1.92. The van der Waals surface area contributed by atoms with Crippen LogP contribution in [0.2, 0.25) is 0 Å². The molecule has 0 heterocycles. The van der Waals surface area contributed by atoms with Crippen molar-refractivity contribution in [3.8, 4) is 0 Å². The lowest BCUT2D eigenvalue weighted by molar-refractivity contribution is 0.103. The zero-order valence-corrected chi connectivity index (χ0v) is 10.9. The molecule has 2 nitrogen and oxygen atoms in total. The highest BCUT2D eigenvalue weighted by Crippen LogP contribution is 2.29. The van der Waals surface area contributed by atoms with Crippen molar-refractivity contribution in [3.05, 3.63) is 35.4 Å². The summed E-state index contributed by atoms with van der Waals surface area (Å²) >= 11 is 0. The fraction of sp³-hybridized carbons (Fsp3) is 0.600. The van der Waals surface area contributed by atoms with E-state index in [1.807, 2.05) is 0 Å². The van der Waals surface area contributed by atoms with Crippen molar-refractivity contribution < 1.29 is 4.74 Å². The number of nitrogens with one attached hydrogen (secondary N) is 1. The Hall–Kier alpha value is -0.860. The molecule has 1 aromatic rings. The molecule has 1 unspecified atom stereocenters. The Morgan fingerprint density at radius 2 is 2.12 bits per heavy atom. The van der Waals surface area contributed by atoms with Gasteiger partial charge in [0.1, 0.15) is 0 Å². The minimum atomic E-state index is 0.333. The van der Waals surface area contributed by atoms with Gasteiger partial charge in [-0.05, 0) is 43.4 Å². The van der Waals surface area contributed by atoms with Crippen LogP contribution in [0.25, 0.3) is 0 Å². The van der Waals surface area contributed by atoms with Gasteiger partial charge in [-0.3, -0.25) is 0 Å². The molecule has 94 valence electrons. The van der Waals surface area contributed by atoms with E-state index in [2.05, 4.69) is 43.4 Å². The first-order chi connectivity index (χ1) is 8.31. The topological polar surface area (TPSA) is 21.3 Å². The van der Waals surface area contributed by atoms with Crippen molar-refractivity contribution >= 4 is 0 Å². The number of hydrogen-bond acceptors (Lipinski definition) is 2. The fourth-order valence-electron chi connectivity index (χ4n) is 2.12. The molecular formula is C15H23NO. The van der Waals surface area contributed by atoms with Crippen molar-refractivity contribution in [2.24, 2.45) is 5.92 Å². The first-order valence-electron chi connectivity index (χ1n) is 6.68. The van der Waals surface area contributed by atoms with Crippen molar-refractivity contribution in [1.82, 2.24) is 5.32 Å². The Morgan fingerprint density at radius 1 is 1.35 bits per heavy atom. The second-order valence-electron chi connectivity index (χ2n) is 4.95. The van der Waals surface area contributed by atoms with Gasteiger partial charge in [0.05, 0.1) is 12.6 Å². The van der Waals surface area contributed by atoms with E-state index < -0.39 is 0 Å². The molecule has 0 aliphatic heterocycles. The molecule has 1 aromatic carbocycles. The highest BCUT2D eigenvalue weighted by Gasteiger charge is 2.22. The molecule has 0 bridgehead atoms. The zero-order chi connectivity index (χ0) is 12.1. The smallest absolute Gasteiger partial charge is 0.0661 e. The van der Waals surface area contributed by atoms with Crippen molar-refractivity contribution in [2.45, 2.75) is 32.7 Å². The average Bonchev–Trinajstić information content (AvgIpc) is 3.13. The summed E-state index contributed by atoms with van der Waals surface area (Å²) in [5.41, 5.74) is 2.71. The van der Waals surface area contributed by atoms with Gasteiger partial charge in [0.25, 0.3) is 0 Å². The molecule has 1 N–H and O–H groups in total. The summed E-state index contributed by atoms with van der Waals surface area (Å²) < 4.78 is 5.82. The summed E-state index contributed by atoms with van der Waals surface area (Å²) in [5.74, 6) is 0.842. The highest BCUT2D eigenvalue weighted by atomic mass is 16.5. The van der Waals surface area contributed by atoms with Gasteiger partial charge in [0, 0.05) is 6.61 Å². The molecule has 0 radical (unpaired) electrons. The fourth-order valence-corrected chi connectivity index (χ4v) is 2.12. The van der Waals surface area contributed by atoms with Crippen LogP contribution >= 0.6 is 0 Å². The Morgan fingerprint density at radius 3 is 2.76 bits per heavy atom. The molecule has 1 atom stereocenters. The van der Waals surface area contributed by atoms with Crippen molar-refractivity contribution in [3.63, 3.8) is 0 Å². The third-order valence-electron chi connectivity index (χ3n) is 3.35. The van der Waals surface area contributed by atoms with Gasteiger partial charge in [-0.1, -0.05) is 31.2 Å². The lowest BCUT2D eigenvalue weighted by atomic mass is 10.0. The molecule has 2 heteroatoms. The predicted octanol–water partition coefficient (Wildman–Crippen LogP) is 3.07. The van der Waals surface area contributed by atoms with Gasteiger partial charge in [-0.25, -0.2) is 0 Å².